The van der Waals surface area contributed by atoms with Crippen molar-refractivity contribution in [2.75, 3.05) is 6.54 Å². The van der Waals surface area contributed by atoms with Crippen LogP contribution >= 0.6 is 0 Å². The van der Waals surface area contributed by atoms with Crippen LogP contribution in [0.15, 0.2) is 36.7 Å². The van der Waals surface area contributed by atoms with Crippen LogP contribution in [-0.2, 0) is 12.4 Å². The first-order chi connectivity index (χ1) is 15.9. The number of carbonyl (C=O) groups excluding carboxylic acids is 1. The molecule has 180 valence electrons. The number of benzene rings is 1. The summed E-state index contributed by atoms with van der Waals surface area (Å²) in [6.07, 6.45) is -5.71. The molecule has 0 aliphatic heterocycles. The highest BCUT2D eigenvalue weighted by molar-refractivity contribution is 5.95. The Kier molecular flexibility index (Phi) is 6.00. The van der Waals surface area contributed by atoms with E-state index in [-0.39, 0.29) is 30.3 Å². The fourth-order valence-corrected chi connectivity index (χ4v) is 3.38. The van der Waals surface area contributed by atoms with Crippen LogP contribution in [0.2, 0.25) is 0 Å². The Balaban J connectivity index is 1.75. The first-order valence-electron chi connectivity index (χ1n) is 10.1. The summed E-state index contributed by atoms with van der Waals surface area (Å²) in [5, 5.41) is 11.3. The first-order valence-corrected chi connectivity index (χ1v) is 10.1. The largest absolute Gasteiger partial charge is 0.416 e. The summed E-state index contributed by atoms with van der Waals surface area (Å²) in [7, 11) is 0. The van der Waals surface area contributed by atoms with E-state index in [1.54, 1.807) is 6.07 Å². The molecule has 1 aromatic carbocycles. The number of halogens is 6. The zero-order chi connectivity index (χ0) is 24.7. The van der Waals surface area contributed by atoms with E-state index < -0.39 is 41.0 Å². The summed E-state index contributed by atoms with van der Waals surface area (Å²) in [5.41, 5.74) is -3.86. The molecule has 2 aromatic heterocycles. The Bertz CT molecular complexity index is 1140. The van der Waals surface area contributed by atoms with Gasteiger partial charge in [-0.1, -0.05) is 0 Å². The van der Waals surface area contributed by atoms with Crippen molar-refractivity contribution >= 4 is 5.91 Å². The molecule has 0 radical (unpaired) electrons. The van der Waals surface area contributed by atoms with E-state index in [1.807, 2.05) is 0 Å². The van der Waals surface area contributed by atoms with E-state index in [2.05, 4.69) is 25.5 Å². The lowest BCUT2D eigenvalue weighted by Gasteiger charge is -2.29. The third kappa shape index (κ3) is 4.99. The number of nitrogens with zero attached hydrogens (tertiary/aromatic N) is 7. The Hall–Kier alpha value is -3.58. The predicted octanol–water partition coefficient (Wildman–Crippen LogP) is 4.10. The lowest BCUT2D eigenvalue weighted by atomic mass is 10.0. The summed E-state index contributed by atoms with van der Waals surface area (Å²) >= 11 is 0. The second-order valence-corrected chi connectivity index (χ2v) is 7.87. The number of hydrogen-bond acceptors (Lipinski definition) is 6. The molecule has 1 saturated carbocycles. The summed E-state index contributed by atoms with van der Waals surface area (Å²) < 4.78 is 81.0. The highest BCUT2D eigenvalue weighted by Gasteiger charge is 2.39. The Labute approximate surface area is 188 Å². The van der Waals surface area contributed by atoms with E-state index in [9.17, 15) is 31.1 Å². The maximum Gasteiger partial charge on any atom is 0.416 e. The van der Waals surface area contributed by atoms with Gasteiger partial charge in [-0.15, -0.1) is 5.10 Å². The zero-order valence-electron chi connectivity index (χ0n) is 17.5. The quantitative estimate of drug-likeness (QED) is 0.489. The molecular formula is C20H17F6N7O. The van der Waals surface area contributed by atoms with E-state index in [0.29, 0.717) is 12.1 Å². The highest BCUT2D eigenvalue weighted by atomic mass is 19.4. The van der Waals surface area contributed by atoms with Crippen LogP contribution in [0.4, 0.5) is 26.3 Å². The number of rotatable bonds is 6. The van der Waals surface area contributed by atoms with Gasteiger partial charge in [0.1, 0.15) is 0 Å². The molecule has 34 heavy (non-hydrogen) atoms. The van der Waals surface area contributed by atoms with Gasteiger partial charge < -0.3 is 4.90 Å². The van der Waals surface area contributed by atoms with Gasteiger partial charge in [0.05, 0.1) is 17.2 Å². The molecule has 0 bridgehead atoms. The Morgan fingerprint density at radius 2 is 1.65 bits per heavy atom. The van der Waals surface area contributed by atoms with Gasteiger partial charge in [-0.05, 0) is 60.4 Å². The molecule has 8 nitrogen and oxygen atoms in total. The molecular weight excluding hydrogens is 468 g/mol. The highest BCUT2D eigenvalue weighted by Crippen LogP contribution is 2.38. The van der Waals surface area contributed by atoms with Gasteiger partial charge in [0.2, 0.25) is 0 Å². The van der Waals surface area contributed by atoms with Crippen LogP contribution in [0, 0.1) is 5.92 Å². The van der Waals surface area contributed by atoms with Crippen LogP contribution in [0.3, 0.4) is 0 Å². The smallest absolute Gasteiger partial charge is 0.328 e. The molecule has 1 aliphatic rings. The maximum atomic E-state index is 13.3. The van der Waals surface area contributed by atoms with Gasteiger partial charge in [0.25, 0.3) is 11.9 Å². The van der Waals surface area contributed by atoms with Crippen LogP contribution in [0.25, 0.3) is 5.95 Å². The first kappa shape index (κ1) is 23.6. The van der Waals surface area contributed by atoms with Crippen molar-refractivity contribution in [2.24, 2.45) is 5.92 Å². The topological polar surface area (TPSA) is 89.7 Å². The van der Waals surface area contributed by atoms with Gasteiger partial charge in [0, 0.05) is 24.5 Å². The second-order valence-electron chi connectivity index (χ2n) is 7.87. The van der Waals surface area contributed by atoms with Gasteiger partial charge in [-0.3, -0.25) is 4.79 Å². The molecule has 1 amide bonds. The molecule has 1 aliphatic carbocycles. The SMILES string of the molecule is CC(c1nnnn1-c1ncccn1)N(CC1CC1)C(=O)c1cc(C(F)(F)F)cc(C(F)(F)F)c1. The normalized spacial score (nSPS) is 15.3. The van der Waals surface area contributed by atoms with E-state index in [0.717, 1.165) is 17.5 Å². The number of hydrogen-bond donors (Lipinski definition) is 0. The van der Waals surface area contributed by atoms with Crippen molar-refractivity contribution in [3.63, 3.8) is 0 Å². The number of amides is 1. The van der Waals surface area contributed by atoms with Crippen molar-refractivity contribution in [1.82, 2.24) is 35.1 Å². The fraction of sp³-hybridized carbons (Fsp3) is 0.400. The van der Waals surface area contributed by atoms with Crippen molar-refractivity contribution in [1.29, 1.82) is 0 Å². The zero-order valence-corrected chi connectivity index (χ0v) is 17.5. The second kappa shape index (κ2) is 8.65. The van der Waals surface area contributed by atoms with Crippen molar-refractivity contribution in [3.8, 4) is 5.95 Å². The van der Waals surface area contributed by atoms with Crippen LogP contribution in [0.5, 0.6) is 0 Å². The lowest BCUT2D eigenvalue weighted by molar-refractivity contribution is -0.143. The lowest BCUT2D eigenvalue weighted by Crippen LogP contribution is -2.37. The molecule has 1 atom stereocenters. The van der Waals surface area contributed by atoms with Gasteiger partial charge in [-0.2, -0.15) is 31.0 Å². The molecule has 2 heterocycles. The predicted molar refractivity (Wildman–Crippen MR) is 103 cm³/mol. The molecule has 0 spiro atoms. The minimum atomic E-state index is -5.07. The molecule has 0 saturated heterocycles. The fourth-order valence-electron chi connectivity index (χ4n) is 3.38. The number of alkyl halides is 6. The average Bonchev–Trinajstić information content (AvgIpc) is 3.48. The summed E-state index contributed by atoms with van der Waals surface area (Å²) in [5.74, 6) is -0.745. The van der Waals surface area contributed by atoms with E-state index >= 15 is 0 Å². The Morgan fingerprint density at radius 3 is 2.18 bits per heavy atom. The molecule has 3 aromatic rings. The standard InChI is InChI=1S/C20H17F6N7O/c1-11(16-29-30-31-33(16)18-27-5-2-6-28-18)32(10-12-3-4-12)17(34)13-7-14(19(21,22)23)9-15(8-13)20(24,25)26/h2,5-9,11-12H,3-4,10H2,1H3. The molecule has 1 fully saturated rings. The van der Waals surface area contributed by atoms with E-state index in [1.165, 1.54) is 24.2 Å². The molecule has 1 unspecified atom stereocenters. The third-order valence-electron chi connectivity index (χ3n) is 5.32. The van der Waals surface area contributed by atoms with Crippen LogP contribution < -0.4 is 0 Å². The number of aromatic nitrogens is 6. The van der Waals surface area contributed by atoms with Gasteiger partial charge in [0.15, 0.2) is 5.82 Å². The number of carbonyl (C=O) groups is 1. The van der Waals surface area contributed by atoms with Crippen molar-refractivity contribution in [3.05, 3.63) is 59.2 Å². The average molecular weight is 485 g/mol. The van der Waals surface area contributed by atoms with Crippen molar-refractivity contribution < 1.29 is 31.1 Å². The summed E-state index contributed by atoms with van der Waals surface area (Å²) in [6, 6.07) is 1.49. The van der Waals surface area contributed by atoms with Crippen LogP contribution in [0.1, 0.15) is 53.1 Å². The maximum absolute atomic E-state index is 13.3. The Morgan fingerprint density at radius 1 is 1.06 bits per heavy atom. The minimum Gasteiger partial charge on any atom is -0.328 e. The van der Waals surface area contributed by atoms with Crippen LogP contribution in [-0.4, -0.2) is 47.5 Å². The summed E-state index contributed by atoms with van der Waals surface area (Å²) in [6.45, 7) is 1.64. The van der Waals surface area contributed by atoms with Gasteiger partial charge in [-0.25, -0.2) is 9.97 Å². The minimum absolute atomic E-state index is 0.0151. The molecule has 14 heteroatoms. The van der Waals surface area contributed by atoms with Crippen molar-refractivity contribution in [2.45, 2.75) is 38.2 Å². The van der Waals surface area contributed by atoms with E-state index in [4.69, 9.17) is 0 Å². The summed E-state index contributed by atoms with van der Waals surface area (Å²) in [4.78, 5) is 22.6. The third-order valence-corrected chi connectivity index (χ3v) is 5.32. The van der Waals surface area contributed by atoms with Gasteiger partial charge >= 0.3 is 12.4 Å². The molecule has 0 N–H and O–H groups in total. The monoisotopic (exact) mass is 485 g/mol. The molecule has 4 rings (SSSR count). The number of tetrazole rings is 1.